The van der Waals surface area contributed by atoms with Gasteiger partial charge in [-0.05, 0) is 193 Å². The molecule has 24 aromatic rings. The van der Waals surface area contributed by atoms with Crippen molar-refractivity contribution in [1.82, 2.24) is 29.1 Å². The molecule has 4 aliphatic rings. The average molecular weight is 1520 g/mol. The van der Waals surface area contributed by atoms with Crippen LogP contribution in [0.15, 0.2) is 381 Å². The summed E-state index contributed by atoms with van der Waals surface area (Å²) >= 11 is 1.79. The van der Waals surface area contributed by atoms with E-state index >= 15 is 0 Å². The number of nitrogens with zero attached hydrogens (tertiary/aromatic N) is 6. The van der Waals surface area contributed by atoms with Gasteiger partial charge in [-0.1, -0.05) is 309 Å². The Morgan fingerprint density at radius 2 is 0.610 bits per heavy atom. The van der Waals surface area contributed by atoms with E-state index in [2.05, 4.69) is 373 Å². The van der Waals surface area contributed by atoms with E-state index in [1.807, 2.05) is 12.1 Å². The van der Waals surface area contributed by atoms with Gasteiger partial charge in [0.25, 0.3) is 0 Å². The number of benzene rings is 18. The lowest BCUT2D eigenvalue weighted by atomic mass is 9.70. The van der Waals surface area contributed by atoms with Crippen LogP contribution in [0.4, 0.5) is 0 Å². The van der Waals surface area contributed by atoms with E-state index in [9.17, 15) is 0 Å². The number of thiophene rings is 1. The van der Waals surface area contributed by atoms with Crippen molar-refractivity contribution >= 4 is 140 Å². The van der Waals surface area contributed by atoms with Crippen molar-refractivity contribution in [2.75, 3.05) is 0 Å². The maximum absolute atomic E-state index is 6.74. The van der Waals surface area contributed by atoms with Gasteiger partial charge in [-0.25, -0.2) is 19.9 Å². The molecule has 0 atom stereocenters. The normalized spacial score (nSPS) is 13.6. The van der Waals surface area contributed by atoms with Crippen molar-refractivity contribution < 1.29 is 4.42 Å². The fraction of sp³-hybridized carbons (Fsp3) is 0.0182. The van der Waals surface area contributed by atoms with Gasteiger partial charge >= 0.3 is 0 Å². The predicted molar refractivity (Wildman–Crippen MR) is 486 cm³/mol. The Morgan fingerprint density at radius 3 is 1.12 bits per heavy atom. The summed E-state index contributed by atoms with van der Waals surface area (Å²) in [6.07, 6.45) is 0. The molecule has 0 fully saturated rings. The molecule has 0 unspecified atom stereocenters. The van der Waals surface area contributed by atoms with E-state index in [-0.39, 0.29) is 0 Å². The third kappa shape index (κ3) is 8.49. The maximum atomic E-state index is 6.74. The minimum atomic E-state index is -0.419. The van der Waals surface area contributed by atoms with E-state index in [1.165, 1.54) is 158 Å². The van der Waals surface area contributed by atoms with Gasteiger partial charge < -0.3 is 4.42 Å². The summed E-state index contributed by atoms with van der Waals surface area (Å²) in [6, 6.07) is 138. The maximum Gasteiger partial charge on any atom is 0.236 e. The fourth-order valence-electron chi connectivity index (χ4n) is 21.5. The molecule has 0 aliphatic heterocycles. The van der Waals surface area contributed by atoms with Crippen molar-refractivity contribution in [2.24, 2.45) is 0 Å². The summed E-state index contributed by atoms with van der Waals surface area (Å²) in [5, 5.41) is 16.4. The van der Waals surface area contributed by atoms with Crippen LogP contribution in [0.3, 0.4) is 0 Å². The summed E-state index contributed by atoms with van der Waals surface area (Å²) in [6.45, 7) is 0. The topological polar surface area (TPSA) is 74.6 Å². The molecule has 18 aromatic carbocycles. The molecule has 8 heteroatoms. The van der Waals surface area contributed by atoms with E-state index in [1.54, 1.807) is 11.3 Å². The van der Waals surface area contributed by atoms with Gasteiger partial charge in [0.2, 0.25) is 11.9 Å². The number of hydrogen-bond donors (Lipinski definition) is 0. The zero-order valence-electron chi connectivity index (χ0n) is 63.3. The molecule has 118 heavy (non-hydrogen) atoms. The monoisotopic (exact) mass is 1510 g/mol. The second kappa shape index (κ2) is 23.7. The van der Waals surface area contributed by atoms with Gasteiger partial charge in [-0.3, -0.25) is 9.13 Å². The van der Waals surface area contributed by atoms with E-state index < -0.39 is 10.8 Å². The smallest absolute Gasteiger partial charge is 0.236 e. The van der Waals surface area contributed by atoms with Gasteiger partial charge in [0, 0.05) is 53.5 Å². The SMILES string of the molecule is c1ccc2c(c1)-c1ccccc1C21c2ccccc2-c2cc(-c3nc(-n4c5cc6ccccc6cc5c5cc6ccccc6cc54)nc4c3oc3ccccc34)ccc21.c1ccc2c(c1)-c1ccccc1C21c2ccccc2-c2cc(-c3nc(-n4c5cc6ccccc6cc5c5ccc6ccccc6c54)nc4c3sc3ccccc34)ccc21. The average Bonchev–Trinajstić information content (AvgIpc) is 1.51. The molecule has 6 aromatic heterocycles. The Bertz CT molecular complexity index is 8410. The number of furan rings is 1. The molecule has 0 saturated heterocycles. The van der Waals surface area contributed by atoms with Crippen LogP contribution in [-0.2, 0) is 10.8 Å². The molecule has 2 spiro atoms. The number of para-hydroxylation sites is 1. The third-order valence-corrected chi connectivity index (χ3v) is 27.5. The Hall–Kier alpha value is -15.2. The highest BCUT2D eigenvalue weighted by Gasteiger charge is 2.53. The van der Waals surface area contributed by atoms with Gasteiger partial charge in [0.15, 0.2) is 5.58 Å². The standard InChI is InChI=1S/C55H31N3O.C55H31N3S/c1-3-15-34-30-48-42(27-32(34)13-1)43-28-33-14-2-4-16-35(33)31-49(43)58(48)54-56-51(53-52(57-54)40-20-8-12-24-50(40)59-53)36-25-26-47-41(29-36)39-19-7-11-23-46(39)55(47)44-21-9-5-17-37(44)38-18-6-10-22-45(38)55;1-2-15-34-31-48-43(29-33(34)14-1)40-27-25-32-13-3-4-16-36(32)52(40)58(48)54-56-50(53-51(57-54)41-20-8-12-24-49(41)59-53)35-26-28-47-42(30-35)39-19-7-11-23-46(39)55(47)44-21-9-5-17-37(44)38-18-6-10-22-45(38)55/h2*1-31H. The summed E-state index contributed by atoms with van der Waals surface area (Å²) < 4.78 is 13.6. The fourth-order valence-corrected chi connectivity index (χ4v) is 22.7. The van der Waals surface area contributed by atoms with E-state index in [4.69, 9.17) is 24.4 Å². The Balaban J connectivity index is 0.000000126. The third-order valence-electron chi connectivity index (χ3n) is 26.4. The number of aromatic nitrogens is 6. The molecule has 7 nitrogen and oxygen atoms in total. The minimum Gasteiger partial charge on any atom is -0.452 e. The van der Waals surface area contributed by atoms with Crippen LogP contribution in [-0.4, -0.2) is 29.1 Å². The summed E-state index contributed by atoms with van der Waals surface area (Å²) in [5.74, 6) is 1.29. The van der Waals surface area contributed by atoms with Crippen molar-refractivity contribution in [3.05, 3.63) is 421 Å². The van der Waals surface area contributed by atoms with Gasteiger partial charge in [-0.15, -0.1) is 11.3 Å². The highest BCUT2D eigenvalue weighted by atomic mass is 32.1. The first-order valence-corrected chi connectivity index (χ1v) is 41.3. The summed E-state index contributed by atoms with van der Waals surface area (Å²) in [5.41, 5.74) is 31.4. The van der Waals surface area contributed by atoms with Crippen molar-refractivity contribution in [3.63, 3.8) is 0 Å². The van der Waals surface area contributed by atoms with Gasteiger partial charge in [-0.2, -0.15) is 0 Å². The molecule has 0 radical (unpaired) electrons. The van der Waals surface area contributed by atoms with Crippen molar-refractivity contribution in [1.29, 1.82) is 0 Å². The van der Waals surface area contributed by atoms with E-state index in [0.717, 1.165) is 76.7 Å². The van der Waals surface area contributed by atoms with Crippen molar-refractivity contribution in [2.45, 2.75) is 10.8 Å². The Kier molecular flexibility index (Phi) is 12.9. The molecule has 28 rings (SSSR count). The zero-order valence-corrected chi connectivity index (χ0v) is 64.1. The number of fused-ring (bicyclic) bond motifs is 37. The first-order valence-electron chi connectivity index (χ1n) is 40.5. The molecular formula is C110H62N6OS. The van der Waals surface area contributed by atoms with Crippen LogP contribution in [0.25, 0.3) is 208 Å². The Labute approximate surface area is 679 Å². The van der Waals surface area contributed by atoms with Crippen LogP contribution >= 0.6 is 11.3 Å². The largest absolute Gasteiger partial charge is 0.452 e. The molecule has 0 N–H and O–H groups in total. The molecule has 6 heterocycles. The van der Waals surface area contributed by atoms with Crippen LogP contribution in [0, 0.1) is 0 Å². The van der Waals surface area contributed by atoms with E-state index in [0.29, 0.717) is 17.5 Å². The molecule has 0 amide bonds. The first-order chi connectivity index (χ1) is 58.5. The van der Waals surface area contributed by atoms with Crippen LogP contribution in [0.1, 0.15) is 44.5 Å². The molecule has 544 valence electrons. The van der Waals surface area contributed by atoms with Crippen molar-refractivity contribution in [3.8, 4) is 78.9 Å². The summed E-state index contributed by atoms with van der Waals surface area (Å²) in [4.78, 5) is 22.3. The lowest BCUT2D eigenvalue weighted by Crippen LogP contribution is -2.25. The summed E-state index contributed by atoms with van der Waals surface area (Å²) in [7, 11) is 0. The van der Waals surface area contributed by atoms with Crippen LogP contribution in [0.2, 0.25) is 0 Å². The molecule has 4 aliphatic carbocycles. The van der Waals surface area contributed by atoms with Gasteiger partial charge in [0.05, 0.1) is 48.8 Å². The molecular weight excluding hydrogens is 1450 g/mol. The first kappa shape index (κ1) is 64.2. The second-order valence-corrected chi connectivity index (χ2v) is 33.1. The quantitative estimate of drug-likeness (QED) is 0.176. The Morgan fingerprint density at radius 1 is 0.246 bits per heavy atom. The zero-order chi connectivity index (χ0) is 76.8. The van der Waals surface area contributed by atoms with Gasteiger partial charge in [0.1, 0.15) is 16.8 Å². The molecule has 0 bridgehead atoms. The number of hydrogen-bond acceptors (Lipinski definition) is 6. The minimum absolute atomic E-state index is 0.395. The highest BCUT2D eigenvalue weighted by molar-refractivity contribution is 7.26. The van der Waals surface area contributed by atoms with Crippen LogP contribution in [0.5, 0.6) is 0 Å². The lowest BCUT2D eigenvalue weighted by Gasteiger charge is -2.30. The second-order valence-electron chi connectivity index (χ2n) is 32.1. The lowest BCUT2D eigenvalue weighted by molar-refractivity contribution is 0.666. The highest BCUT2D eigenvalue weighted by Crippen LogP contribution is 2.65. The van der Waals surface area contributed by atoms with Crippen LogP contribution < -0.4 is 0 Å². The molecule has 0 saturated carbocycles. The predicted octanol–water partition coefficient (Wildman–Crippen LogP) is 28.0. The number of rotatable bonds is 4.